The third-order valence-electron chi connectivity index (χ3n) is 5.58. The highest BCUT2D eigenvalue weighted by Crippen LogP contribution is 2.24. The van der Waals surface area contributed by atoms with Crippen LogP contribution in [-0.4, -0.2) is 85.9 Å². The second-order valence-corrected chi connectivity index (χ2v) is 9.53. The summed E-state index contributed by atoms with van der Waals surface area (Å²) in [5.74, 6) is -2.56. The molecule has 0 aliphatic carbocycles. The van der Waals surface area contributed by atoms with Gasteiger partial charge < -0.3 is 33.9 Å². The zero-order valence-electron chi connectivity index (χ0n) is 22.7. The van der Waals surface area contributed by atoms with E-state index in [2.05, 4.69) is 17.9 Å². The zero-order valence-corrected chi connectivity index (χ0v) is 22.7. The quantitative estimate of drug-likeness (QED) is 0.229. The third-order valence-corrected chi connectivity index (χ3v) is 5.58. The Bertz CT molecular complexity index is 779. The maximum absolute atomic E-state index is 11.9. The van der Waals surface area contributed by atoms with E-state index in [0.29, 0.717) is 33.0 Å². The lowest BCUT2D eigenvalue weighted by Crippen LogP contribution is -2.47. The Morgan fingerprint density at radius 3 is 1.59 bits per heavy atom. The van der Waals surface area contributed by atoms with Crippen LogP contribution >= 0.6 is 0 Å². The number of rotatable bonds is 11. The van der Waals surface area contributed by atoms with Gasteiger partial charge in [-0.15, -0.1) is 13.2 Å². The maximum Gasteiger partial charge on any atom is 0.347 e. The molecule has 2 aliphatic heterocycles. The maximum atomic E-state index is 11.9. The van der Waals surface area contributed by atoms with Gasteiger partial charge >= 0.3 is 23.9 Å². The largest absolute Gasteiger partial charge is 0.481 e. The predicted octanol–water partition coefficient (Wildman–Crippen LogP) is 2.16. The fourth-order valence-electron chi connectivity index (χ4n) is 2.28. The van der Waals surface area contributed by atoms with E-state index in [1.165, 1.54) is 12.2 Å². The SMILES string of the molecule is C=CC(C)(C)C(=O)O.C=CC(C)(C)C(=O)OC(C(=O)OCC)C1COC1.CCOC(=O)C(O)C1COC1. The molecule has 2 atom stereocenters. The van der Waals surface area contributed by atoms with Crippen molar-refractivity contribution in [3.8, 4) is 0 Å². The van der Waals surface area contributed by atoms with Gasteiger partial charge in [0.25, 0.3) is 0 Å². The molecule has 0 saturated carbocycles. The number of carboxylic acid groups (broad SMARTS) is 1. The topological polar surface area (TPSA) is 155 Å². The first-order valence-corrected chi connectivity index (χ1v) is 12.1. The summed E-state index contributed by atoms with van der Waals surface area (Å²) in [6.45, 7) is 19.2. The van der Waals surface area contributed by atoms with E-state index < -0.39 is 46.9 Å². The van der Waals surface area contributed by atoms with Crippen LogP contribution in [0.3, 0.4) is 0 Å². The lowest BCUT2D eigenvalue weighted by atomic mass is 9.93. The molecule has 37 heavy (non-hydrogen) atoms. The van der Waals surface area contributed by atoms with E-state index in [1.54, 1.807) is 41.5 Å². The van der Waals surface area contributed by atoms with Crippen molar-refractivity contribution in [1.82, 2.24) is 0 Å². The molecular formula is C26H42O11. The van der Waals surface area contributed by atoms with E-state index >= 15 is 0 Å². The molecule has 2 aliphatic rings. The fourth-order valence-corrected chi connectivity index (χ4v) is 2.28. The summed E-state index contributed by atoms with van der Waals surface area (Å²) >= 11 is 0. The minimum absolute atomic E-state index is 0.0611. The van der Waals surface area contributed by atoms with Gasteiger partial charge in [-0.2, -0.15) is 0 Å². The molecule has 2 rings (SSSR count). The molecule has 11 heteroatoms. The molecule has 0 bridgehead atoms. The van der Waals surface area contributed by atoms with E-state index in [0.717, 1.165) is 0 Å². The van der Waals surface area contributed by atoms with E-state index in [-0.39, 0.29) is 18.4 Å². The van der Waals surface area contributed by atoms with E-state index in [9.17, 15) is 24.3 Å². The minimum Gasteiger partial charge on any atom is -0.481 e. The number of esters is 3. The summed E-state index contributed by atoms with van der Waals surface area (Å²) in [4.78, 5) is 44.7. The predicted molar refractivity (Wildman–Crippen MR) is 133 cm³/mol. The van der Waals surface area contributed by atoms with Crippen molar-refractivity contribution in [2.75, 3.05) is 39.6 Å². The summed E-state index contributed by atoms with van der Waals surface area (Å²) in [5.41, 5.74) is -1.60. The second kappa shape index (κ2) is 16.2. The van der Waals surface area contributed by atoms with Crippen LogP contribution in [0.15, 0.2) is 25.3 Å². The fraction of sp³-hybridized carbons (Fsp3) is 0.692. The summed E-state index contributed by atoms with van der Waals surface area (Å²) in [5, 5.41) is 17.6. The number of aliphatic hydroxyl groups is 1. The van der Waals surface area contributed by atoms with Crippen LogP contribution in [0, 0.1) is 22.7 Å². The number of hydrogen-bond donors (Lipinski definition) is 2. The highest BCUT2D eigenvalue weighted by Gasteiger charge is 2.40. The Labute approximate surface area is 218 Å². The number of carbonyl (C=O) groups excluding carboxylic acids is 3. The molecule has 0 amide bonds. The minimum atomic E-state index is -0.997. The number of carbonyl (C=O) groups is 4. The molecule has 2 saturated heterocycles. The average Bonchev–Trinajstić information content (AvgIpc) is 2.77. The molecule has 2 N–H and O–H groups in total. The highest BCUT2D eigenvalue weighted by atomic mass is 16.6. The number of ether oxygens (including phenoxy) is 5. The highest BCUT2D eigenvalue weighted by molar-refractivity contribution is 5.83. The van der Waals surface area contributed by atoms with Gasteiger partial charge in [0.15, 0.2) is 6.10 Å². The smallest absolute Gasteiger partial charge is 0.347 e. The van der Waals surface area contributed by atoms with Gasteiger partial charge in [-0.3, -0.25) is 9.59 Å². The van der Waals surface area contributed by atoms with Crippen molar-refractivity contribution in [3.63, 3.8) is 0 Å². The summed E-state index contributed by atoms with van der Waals surface area (Å²) in [6, 6.07) is 0. The summed E-state index contributed by atoms with van der Waals surface area (Å²) in [6.07, 6.45) is 1.03. The van der Waals surface area contributed by atoms with Crippen molar-refractivity contribution in [1.29, 1.82) is 0 Å². The van der Waals surface area contributed by atoms with Crippen LogP contribution in [0.4, 0.5) is 0 Å². The Hall–Kier alpha value is -2.76. The third kappa shape index (κ3) is 11.4. The Balaban J connectivity index is 0.000000580. The van der Waals surface area contributed by atoms with Crippen molar-refractivity contribution < 1.29 is 53.1 Å². The molecule has 2 heterocycles. The van der Waals surface area contributed by atoms with Crippen molar-refractivity contribution in [2.45, 2.75) is 53.8 Å². The molecule has 0 spiro atoms. The number of aliphatic carboxylic acids is 1. The van der Waals surface area contributed by atoms with Crippen molar-refractivity contribution in [2.24, 2.45) is 22.7 Å². The van der Waals surface area contributed by atoms with E-state index in [1.807, 2.05) is 0 Å². The molecule has 0 aromatic rings. The normalized spacial score (nSPS) is 16.9. The van der Waals surface area contributed by atoms with Crippen LogP contribution in [0.2, 0.25) is 0 Å². The van der Waals surface area contributed by atoms with Crippen LogP contribution < -0.4 is 0 Å². The van der Waals surface area contributed by atoms with Gasteiger partial charge in [0.1, 0.15) is 0 Å². The Kier molecular flexibility index (Phi) is 15.0. The first-order valence-electron chi connectivity index (χ1n) is 12.1. The van der Waals surface area contributed by atoms with Crippen LogP contribution in [0.1, 0.15) is 41.5 Å². The number of hydrogen-bond acceptors (Lipinski definition) is 10. The van der Waals surface area contributed by atoms with Crippen LogP contribution in [-0.2, 0) is 42.9 Å². The average molecular weight is 531 g/mol. The van der Waals surface area contributed by atoms with Crippen LogP contribution in [0.25, 0.3) is 0 Å². The van der Waals surface area contributed by atoms with Gasteiger partial charge in [-0.05, 0) is 41.5 Å². The molecule has 11 nitrogen and oxygen atoms in total. The second-order valence-electron chi connectivity index (χ2n) is 9.53. The molecule has 0 aromatic heterocycles. The summed E-state index contributed by atoms with van der Waals surface area (Å²) < 4.78 is 24.6. The van der Waals surface area contributed by atoms with Crippen molar-refractivity contribution in [3.05, 3.63) is 25.3 Å². The Morgan fingerprint density at radius 2 is 1.30 bits per heavy atom. The number of aliphatic hydroxyl groups excluding tert-OH is 1. The Morgan fingerprint density at radius 1 is 0.865 bits per heavy atom. The molecule has 2 fully saturated rings. The molecule has 212 valence electrons. The monoisotopic (exact) mass is 530 g/mol. The van der Waals surface area contributed by atoms with Gasteiger partial charge in [0, 0.05) is 5.92 Å². The molecular weight excluding hydrogens is 488 g/mol. The van der Waals surface area contributed by atoms with Gasteiger partial charge in [-0.1, -0.05) is 12.2 Å². The first-order chi connectivity index (χ1) is 17.2. The zero-order chi connectivity index (χ0) is 28.8. The molecule has 0 radical (unpaired) electrons. The molecule has 0 aromatic carbocycles. The van der Waals surface area contributed by atoms with Crippen LogP contribution in [0.5, 0.6) is 0 Å². The number of carboxylic acids is 1. The lowest BCUT2D eigenvalue weighted by Gasteiger charge is -2.33. The standard InChI is InChI=1S/C13H20O5.C7H12O4.C6H10O2/c1-5-13(3,4)12(15)18-10(9-7-16-8-9)11(14)17-6-2;1-2-11-7(9)6(8)5-3-10-4-5;1-4-6(2,3)5(7)8/h5,9-10H,1,6-8H2,2-4H3;5-6,8H,2-4H2,1H3;4H,1H2,2-3H3,(H,7,8). The molecule has 2 unspecified atom stereocenters. The summed E-state index contributed by atoms with van der Waals surface area (Å²) in [7, 11) is 0. The van der Waals surface area contributed by atoms with Gasteiger partial charge in [-0.25, -0.2) is 9.59 Å². The van der Waals surface area contributed by atoms with Gasteiger partial charge in [0.05, 0.1) is 56.4 Å². The first kappa shape index (κ1) is 34.2. The van der Waals surface area contributed by atoms with Crippen molar-refractivity contribution >= 4 is 23.9 Å². The van der Waals surface area contributed by atoms with Gasteiger partial charge in [0.2, 0.25) is 6.10 Å². The lowest BCUT2D eigenvalue weighted by molar-refractivity contribution is -0.187. The van der Waals surface area contributed by atoms with E-state index in [4.69, 9.17) is 24.1 Å².